The Labute approximate surface area is 130 Å². The van der Waals surface area contributed by atoms with Gasteiger partial charge in [0.25, 0.3) is 0 Å². The number of hydrazine groups is 1. The number of hydrogen-bond acceptors (Lipinski definition) is 5. The number of hydrogen-bond donors (Lipinski definition) is 1. The van der Waals surface area contributed by atoms with E-state index in [1.165, 1.54) is 17.0 Å². The second-order valence-electron chi connectivity index (χ2n) is 6.15. The van der Waals surface area contributed by atoms with E-state index in [0.717, 1.165) is 38.3 Å². The van der Waals surface area contributed by atoms with Crippen molar-refractivity contribution in [1.82, 2.24) is 30.0 Å². The summed E-state index contributed by atoms with van der Waals surface area (Å²) in [6.45, 7) is 5.39. The summed E-state index contributed by atoms with van der Waals surface area (Å²) in [7, 11) is 4.14. The van der Waals surface area contributed by atoms with Gasteiger partial charge in [0.1, 0.15) is 0 Å². The number of fused-ring (bicyclic) bond motifs is 1. The van der Waals surface area contributed by atoms with E-state index in [9.17, 15) is 0 Å². The molecule has 4 rings (SSSR count). The molecule has 1 aromatic rings. The third kappa shape index (κ3) is 2.34. The minimum atomic E-state index is 0.903. The van der Waals surface area contributed by atoms with Crippen molar-refractivity contribution in [2.45, 2.75) is 0 Å². The molecule has 3 aliphatic heterocycles. The molecule has 0 radical (unpaired) electrons. The summed E-state index contributed by atoms with van der Waals surface area (Å²) < 4.78 is 1.84. The molecule has 0 bridgehead atoms. The van der Waals surface area contributed by atoms with Crippen LogP contribution < -0.4 is 5.43 Å². The van der Waals surface area contributed by atoms with Crippen LogP contribution in [0, 0.1) is 0 Å². The van der Waals surface area contributed by atoms with Gasteiger partial charge in [-0.25, -0.2) is 5.43 Å². The van der Waals surface area contributed by atoms with E-state index >= 15 is 0 Å². The van der Waals surface area contributed by atoms with E-state index in [0.29, 0.717) is 0 Å². The number of piperazine rings is 1. The average Bonchev–Trinajstić information content (AvgIpc) is 3.14. The Bertz CT molecular complexity index is 660. The molecule has 0 atom stereocenters. The van der Waals surface area contributed by atoms with E-state index < -0.39 is 0 Å². The molecular formula is C16H22N6. The molecule has 0 amide bonds. The van der Waals surface area contributed by atoms with Crippen molar-refractivity contribution in [3.8, 4) is 0 Å². The first-order valence-electron chi connectivity index (χ1n) is 7.79. The highest BCUT2D eigenvalue weighted by atomic mass is 15.5. The summed E-state index contributed by atoms with van der Waals surface area (Å²) in [4.78, 5) is 4.90. The van der Waals surface area contributed by atoms with Crippen molar-refractivity contribution in [3.05, 3.63) is 47.7 Å². The number of nitrogens with zero attached hydrogens (tertiary/aromatic N) is 5. The number of aryl methyl sites for hydroxylation is 1. The van der Waals surface area contributed by atoms with Crippen LogP contribution in [0.5, 0.6) is 0 Å². The highest BCUT2D eigenvalue weighted by molar-refractivity contribution is 5.75. The minimum Gasteiger partial charge on any atom is -0.369 e. The monoisotopic (exact) mass is 298 g/mol. The molecule has 1 aromatic heterocycles. The largest absolute Gasteiger partial charge is 0.369 e. The van der Waals surface area contributed by atoms with Crippen LogP contribution in [0.15, 0.2) is 42.1 Å². The normalized spacial score (nSPS) is 22.4. The van der Waals surface area contributed by atoms with Crippen molar-refractivity contribution >= 4 is 5.57 Å². The third-order valence-corrected chi connectivity index (χ3v) is 4.58. The van der Waals surface area contributed by atoms with Crippen LogP contribution in [-0.4, -0.2) is 64.4 Å². The van der Waals surface area contributed by atoms with Gasteiger partial charge in [-0.05, 0) is 13.1 Å². The lowest BCUT2D eigenvalue weighted by molar-refractivity contribution is 0.185. The van der Waals surface area contributed by atoms with Crippen LogP contribution in [0.25, 0.3) is 5.57 Å². The van der Waals surface area contributed by atoms with Crippen LogP contribution >= 0.6 is 0 Å². The Kier molecular flexibility index (Phi) is 3.28. The van der Waals surface area contributed by atoms with Crippen molar-refractivity contribution in [2.75, 3.05) is 39.8 Å². The molecule has 0 unspecified atom stereocenters. The first kappa shape index (κ1) is 13.6. The van der Waals surface area contributed by atoms with Crippen molar-refractivity contribution < 1.29 is 0 Å². The van der Waals surface area contributed by atoms with Crippen LogP contribution in [-0.2, 0) is 7.05 Å². The highest BCUT2D eigenvalue weighted by Crippen LogP contribution is 2.29. The summed E-state index contributed by atoms with van der Waals surface area (Å²) in [6.07, 6.45) is 10.5. The zero-order chi connectivity index (χ0) is 15.1. The topological polar surface area (TPSA) is 39.6 Å². The van der Waals surface area contributed by atoms with Gasteiger partial charge in [-0.3, -0.25) is 9.69 Å². The van der Waals surface area contributed by atoms with Gasteiger partial charge < -0.3 is 9.80 Å². The zero-order valence-corrected chi connectivity index (χ0v) is 13.2. The molecule has 6 nitrogen and oxygen atoms in total. The van der Waals surface area contributed by atoms with Gasteiger partial charge in [0.15, 0.2) is 0 Å². The van der Waals surface area contributed by atoms with Crippen molar-refractivity contribution in [3.63, 3.8) is 0 Å². The number of likely N-dealkylation sites (N-methyl/N-ethyl adjacent to an activating group) is 1. The SMILES string of the molecule is CN1CCN(C2=C3C=CC(c4cnn(C)c4)=CN3NC2)CC1. The van der Waals surface area contributed by atoms with Crippen molar-refractivity contribution in [2.24, 2.45) is 7.05 Å². The first-order chi connectivity index (χ1) is 10.7. The lowest BCUT2D eigenvalue weighted by atomic mass is 10.1. The molecule has 1 N–H and O–H groups in total. The van der Waals surface area contributed by atoms with Crippen LogP contribution in [0.4, 0.5) is 0 Å². The molecule has 1 fully saturated rings. The predicted octanol–water partition coefficient (Wildman–Crippen LogP) is 0.610. The molecular weight excluding hydrogens is 276 g/mol. The van der Waals surface area contributed by atoms with Crippen LogP contribution in [0.2, 0.25) is 0 Å². The molecule has 0 spiro atoms. The van der Waals surface area contributed by atoms with E-state index in [1.807, 2.05) is 24.1 Å². The standard InChI is InChI=1S/C16H22N6/c1-19-5-7-21(8-6-19)16-10-18-22-12-13(3-4-15(16)22)14-9-17-20(2)11-14/h3-4,9,11-12,18H,5-8,10H2,1-2H3. The summed E-state index contributed by atoms with van der Waals surface area (Å²) in [6, 6.07) is 0. The molecule has 6 heteroatoms. The maximum absolute atomic E-state index is 4.25. The number of nitrogens with one attached hydrogen (secondary N) is 1. The van der Waals surface area contributed by atoms with Gasteiger partial charge in [0.05, 0.1) is 24.1 Å². The maximum Gasteiger partial charge on any atom is 0.0776 e. The van der Waals surface area contributed by atoms with E-state index in [2.05, 4.69) is 50.7 Å². The zero-order valence-electron chi connectivity index (χ0n) is 13.2. The Morgan fingerprint density at radius 2 is 1.91 bits per heavy atom. The van der Waals surface area contributed by atoms with E-state index in [-0.39, 0.29) is 0 Å². The summed E-state index contributed by atoms with van der Waals surface area (Å²) >= 11 is 0. The molecule has 22 heavy (non-hydrogen) atoms. The summed E-state index contributed by atoms with van der Waals surface area (Å²) in [5.74, 6) is 0. The fourth-order valence-corrected chi connectivity index (χ4v) is 3.21. The van der Waals surface area contributed by atoms with Gasteiger partial charge >= 0.3 is 0 Å². The highest BCUT2D eigenvalue weighted by Gasteiger charge is 2.27. The minimum absolute atomic E-state index is 0.903. The Hall–Kier alpha value is -2.05. The third-order valence-electron chi connectivity index (χ3n) is 4.58. The molecule has 3 aliphatic rings. The predicted molar refractivity (Wildman–Crippen MR) is 86.3 cm³/mol. The lowest BCUT2D eigenvalue weighted by Gasteiger charge is -2.35. The smallest absolute Gasteiger partial charge is 0.0776 e. The molecule has 0 aromatic carbocycles. The Morgan fingerprint density at radius 1 is 1.09 bits per heavy atom. The Morgan fingerprint density at radius 3 is 2.64 bits per heavy atom. The van der Waals surface area contributed by atoms with Gasteiger partial charge in [-0.1, -0.05) is 6.08 Å². The quantitative estimate of drug-likeness (QED) is 0.866. The fourth-order valence-electron chi connectivity index (χ4n) is 3.21. The van der Waals surface area contributed by atoms with Gasteiger partial charge in [0.2, 0.25) is 0 Å². The molecule has 4 heterocycles. The number of allylic oxidation sites excluding steroid dienone is 3. The molecule has 0 aliphatic carbocycles. The fraction of sp³-hybridized carbons (Fsp3) is 0.438. The summed E-state index contributed by atoms with van der Waals surface area (Å²) in [5.41, 5.74) is 8.49. The van der Waals surface area contributed by atoms with Gasteiger partial charge in [0, 0.05) is 56.8 Å². The van der Waals surface area contributed by atoms with E-state index in [4.69, 9.17) is 0 Å². The molecule has 116 valence electrons. The maximum atomic E-state index is 4.25. The molecule has 0 saturated carbocycles. The second kappa shape index (κ2) is 5.30. The van der Waals surface area contributed by atoms with Crippen molar-refractivity contribution in [1.29, 1.82) is 0 Å². The summed E-state index contributed by atoms with van der Waals surface area (Å²) in [5, 5.41) is 6.40. The van der Waals surface area contributed by atoms with Gasteiger partial charge in [-0.2, -0.15) is 5.10 Å². The molecule has 1 saturated heterocycles. The van der Waals surface area contributed by atoms with Gasteiger partial charge in [-0.15, -0.1) is 0 Å². The van der Waals surface area contributed by atoms with Crippen LogP contribution in [0.1, 0.15) is 5.56 Å². The van der Waals surface area contributed by atoms with Crippen LogP contribution in [0.3, 0.4) is 0 Å². The average molecular weight is 298 g/mol. The van der Waals surface area contributed by atoms with E-state index in [1.54, 1.807) is 0 Å². The number of aromatic nitrogens is 2. The Balaban J connectivity index is 1.57. The lowest BCUT2D eigenvalue weighted by Crippen LogP contribution is -2.44. The second-order valence-corrected chi connectivity index (χ2v) is 6.15. The number of rotatable bonds is 2. The first-order valence-corrected chi connectivity index (χ1v) is 7.79.